The molecule has 0 radical (unpaired) electrons. The highest BCUT2D eigenvalue weighted by molar-refractivity contribution is 5.70. The molecule has 0 aliphatic heterocycles. The van der Waals surface area contributed by atoms with E-state index in [1.54, 1.807) is 14.0 Å². The van der Waals surface area contributed by atoms with Crippen molar-refractivity contribution in [2.45, 2.75) is 33.2 Å². The van der Waals surface area contributed by atoms with Crippen LogP contribution in [-0.4, -0.2) is 19.7 Å². The lowest BCUT2D eigenvalue weighted by Crippen LogP contribution is -2.18. The van der Waals surface area contributed by atoms with Crippen LogP contribution in [0.25, 0.3) is 0 Å². The first kappa shape index (κ1) is 14.5. The highest BCUT2D eigenvalue weighted by Crippen LogP contribution is 2.27. The van der Waals surface area contributed by atoms with Crippen molar-refractivity contribution in [2.75, 3.05) is 13.7 Å². The van der Waals surface area contributed by atoms with Crippen molar-refractivity contribution in [2.24, 2.45) is 5.73 Å². The number of esters is 1. The van der Waals surface area contributed by atoms with Gasteiger partial charge in [-0.15, -0.1) is 0 Å². The number of carbonyl (C=O) groups excluding carboxylic acids is 1. The minimum Gasteiger partial charge on any atom is -0.496 e. The minimum atomic E-state index is -0.339. The van der Waals surface area contributed by atoms with Gasteiger partial charge in [-0.05, 0) is 43.5 Å². The third kappa shape index (κ3) is 3.47. The largest absolute Gasteiger partial charge is 0.496 e. The highest BCUT2D eigenvalue weighted by atomic mass is 16.5. The average molecular weight is 251 g/mol. The van der Waals surface area contributed by atoms with E-state index in [0.29, 0.717) is 6.61 Å². The van der Waals surface area contributed by atoms with Crippen molar-refractivity contribution in [3.05, 3.63) is 28.8 Å². The van der Waals surface area contributed by atoms with E-state index in [-0.39, 0.29) is 18.4 Å². The van der Waals surface area contributed by atoms with Crippen LogP contribution in [0.5, 0.6) is 5.75 Å². The van der Waals surface area contributed by atoms with E-state index in [0.717, 1.165) is 22.4 Å². The van der Waals surface area contributed by atoms with Gasteiger partial charge in [-0.2, -0.15) is 0 Å². The minimum absolute atomic E-state index is 0.195. The number of methoxy groups -OCH3 is 1. The summed E-state index contributed by atoms with van der Waals surface area (Å²) in [5.74, 6) is 0.567. The van der Waals surface area contributed by atoms with E-state index in [4.69, 9.17) is 15.2 Å². The van der Waals surface area contributed by atoms with Crippen molar-refractivity contribution < 1.29 is 14.3 Å². The van der Waals surface area contributed by atoms with E-state index in [1.807, 2.05) is 26.0 Å². The Hall–Kier alpha value is -1.55. The number of benzene rings is 1. The molecule has 1 aromatic carbocycles. The zero-order valence-electron chi connectivity index (χ0n) is 11.4. The number of nitrogens with two attached hydrogens (primary N) is 1. The topological polar surface area (TPSA) is 61.5 Å². The van der Waals surface area contributed by atoms with Crippen LogP contribution in [-0.2, 0) is 9.53 Å². The standard InChI is InChI=1S/C14H21NO3/c1-5-18-14(16)8-12(15)11-6-10(3)13(17-4)7-9(11)2/h6-7,12H,5,8,15H2,1-4H3. The Balaban J connectivity index is 2.89. The second-order valence-electron chi connectivity index (χ2n) is 4.29. The first-order chi connectivity index (χ1) is 8.49. The molecule has 0 saturated heterocycles. The third-order valence-corrected chi connectivity index (χ3v) is 2.87. The lowest BCUT2D eigenvalue weighted by Gasteiger charge is -2.16. The molecule has 0 heterocycles. The van der Waals surface area contributed by atoms with Gasteiger partial charge in [0.05, 0.1) is 20.1 Å². The summed E-state index contributed by atoms with van der Waals surface area (Å²) in [6, 6.07) is 3.57. The van der Waals surface area contributed by atoms with E-state index >= 15 is 0 Å². The van der Waals surface area contributed by atoms with E-state index < -0.39 is 0 Å². The Labute approximate surface area is 108 Å². The molecule has 0 aliphatic carbocycles. The molecule has 0 fully saturated rings. The van der Waals surface area contributed by atoms with Gasteiger partial charge < -0.3 is 15.2 Å². The van der Waals surface area contributed by atoms with Gasteiger partial charge >= 0.3 is 5.97 Å². The molecule has 1 rings (SSSR count). The maximum Gasteiger partial charge on any atom is 0.307 e. The van der Waals surface area contributed by atoms with Crippen LogP contribution in [0.4, 0.5) is 0 Å². The molecule has 1 unspecified atom stereocenters. The summed E-state index contributed by atoms with van der Waals surface area (Å²) in [7, 11) is 1.64. The molecular weight excluding hydrogens is 230 g/mol. The Bertz CT molecular complexity index is 429. The summed E-state index contributed by atoms with van der Waals surface area (Å²) in [5, 5.41) is 0. The number of aryl methyl sites for hydroxylation is 2. The first-order valence-corrected chi connectivity index (χ1v) is 6.05. The quantitative estimate of drug-likeness (QED) is 0.815. The zero-order chi connectivity index (χ0) is 13.7. The Kier molecular flexibility index (Phi) is 5.16. The lowest BCUT2D eigenvalue weighted by atomic mass is 9.97. The fraction of sp³-hybridized carbons (Fsp3) is 0.500. The van der Waals surface area contributed by atoms with E-state index in [9.17, 15) is 4.79 Å². The summed E-state index contributed by atoms with van der Waals surface area (Å²) < 4.78 is 10.2. The smallest absolute Gasteiger partial charge is 0.307 e. The molecule has 0 bridgehead atoms. The molecule has 1 aromatic rings. The van der Waals surface area contributed by atoms with Gasteiger partial charge in [0, 0.05) is 6.04 Å². The van der Waals surface area contributed by atoms with Crippen molar-refractivity contribution in [1.29, 1.82) is 0 Å². The SMILES string of the molecule is CCOC(=O)CC(N)c1cc(C)c(OC)cc1C. The van der Waals surface area contributed by atoms with Crippen LogP contribution in [0.3, 0.4) is 0 Å². The summed E-state index contributed by atoms with van der Waals surface area (Å²) >= 11 is 0. The van der Waals surface area contributed by atoms with Gasteiger partial charge in [-0.1, -0.05) is 6.07 Å². The fourth-order valence-corrected chi connectivity index (χ4v) is 1.94. The number of hydrogen-bond donors (Lipinski definition) is 1. The predicted molar refractivity (Wildman–Crippen MR) is 70.6 cm³/mol. The number of hydrogen-bond acceptors (Lipinski definition) is 4. The average Bonchev–Trinajstić information content (AvgIpc) is 2.31. The third-order valence-electron chi connectivity index (χ3n) is 2.87. The van der Waals surface area contributed by atoms with Crippen molar-refractivity contribution in [1.82, 2.24) is 0 Å². The monoisotopic (exact) mass is 251 g/mol. The number of carbonyl (C=O) groups is 1. The van der Waals surface area contributed by atoms with Crippen LogP contribution in [0.2, 0.25) is 0 Å². The maximum absolute atomic E-state index is 11.4. The van der Waals surface area contributed by atoms with Crippen LogP contribution in [0, 0.1) is 13.8 Å². The summed E-state index contributed by atoms with van der Waals surface area (Å²) in [6.45, 7) is 6.08. The highest BCUT2D eigenvalue weighted by Gasteiger charge is 2.16. The van der Waals surface area contributed by atoms with E-state index in [1.165, 1.54) is 0 Å². The summed E-state index contributed by atoms with van der Waals surface area (Å²) in [5.41, 5.74) is 9.04. The Morgan fingerprint density at radius 2 is 2.00 bits per heavy atom. The molecule has 0 spiro atoms. The summed E-state index contributed by atoms with van der Waals surface area (Å²) in [4.78, 5) is 11.4. The second-order valence-corrected chi connectivity index (χ2v) is 4.29. The molecule has 0 aromatic heterocycles. The molecular formula is C14H21NO3. The maximum atomic E-state index is 11.4. The van der Waals surface area contributed by atoms with Gasteiger partial charge in [0.1, 0.15) is 5.75 Å². The molecule has 1 atom stereocenters. The van der Waals surface area contributed by atoms with Gasteiger partial charge in [0.25, 0.3) is 0 Å². The van der Waals surface area contributed by atoms with Gasteiger partial charge in [0.2, 0.25) is 0 Å². The van der Waals surface area contributed by atoms with E-state index in [2.05, 4.69) is 0 Å². The van der Waals surface area contributed by atoms with Crippen LogP contribution in [0.15, 0.2) is 12.1 Å². The molecule has 2 N–H and O–H groups in total. The zero-order valence-corrected chi connectivity index (χ0v) is 11.4. The molecule has 0 saturated carbocycles. The second kappa shape index (κ2) is 6.40. The Morgan fingerprint density at radius 3 is 2.56 bits per heavy atom. The normalized spacial score (nSPS) is 12.1. The summed E-state index contributed by atoms with van der Waals surface area (Å²) in [6.07, 6.45) is 0.195. The molecule has 0 amide bonds. The van der Waals surface area contributed by atoms with Crippen LogP contribution >= 0.6 is 0 Å². The molecule has 0 aliphatic rings. The lowest BCUT2D eigenvalue weighted by molar-refractivity contribution is -0.143. The molecule has 4 heteroatoms. The van der Waals surface area contributed by atoms with Crippen molar-refractivity contribution in [3.63, 3.8) is 0 Å². The van der Waals surface area contributed by atoms with Gasteiger partial charge in [0.15, 0.2) is 0 Å². The number of rotatable bonds is 5. The molecule has 100 valence electrons. The van der Waals surface area contributed by atoms with Crippen LogP contribution < -0.4 is 10.5 Å². The molecule has 4 nitrogen and oxygen atoms in total. The van der Waals surface area contributed by atoms with Gasteiger partial charge in [-0.3, -0.25) is 4.79 Å². The molecule has 18 heavy (non-hydrogen) atoms. The van der Waals surface area contributed by atoms with Crippen molar-refractivity contribution in [3.8, 4) is 5.75 Å². The predicted octanol–water partition coefficient (Wildman–Crippen LogP) is 2.27. The number of ether oxygens (including phenoxy) is 2. The Morgan fingerprint density at radius 1 is 1.33 bits per heavy atom. The fourth-order valence-electron chi connectivity index (χ4n) is 1.94. The first-order valence-electron chi connectivity index (χ1n) is 6.05. The van der Waals surface area contributed by atoms with Crippen LogP contribution in [0.1, 0.15) is 36.1 Å². The van der Waals surface area contributed by atoms with Gasteiger partial charge in [-0.25, -0.2) is 0 Å². The van der Waals surface area contributed by atoms with Crippen molar-refractivity contribution >= 4 is 5.97 Å².